The van der Waals surface area contributed by atoms with Crippen LogP contribution in [0.3, 0.4) is 0 Å². The van der Waals surface area contributed by atoms with Crippen molar-refractivity contribution in [1.82, 2.24) is 0 Å². The summed E-state index contributed by atoms with van der Waals surface area (Å²) in [5, 5.41) is 3.31. The Morgan fingerprint density at radius 2 is 1.88 bits per heavy atom. The molecule has 1 aromatic carbocycles. The highest BCUT2D eigenvalue weighted by molar-refractivity contribution is 5.73. The van der Waals surface area contributed by atoms with Gasteiger partial charge in [0, 0.05) is 11.7 Å². The summed E-state index contributed by atoms with van der Waals surface area (Å²) in [4.78, 5) is 11.4. The summed E-state index contributed by atoms with van der Waals surface area (Å²) in [5.74, 6) is -0.346. The van der Waals surface area contributed by atoms with Crippen LogP contribution in [0.25, 0.3) is 0 Å². The Balaban J connectivity index is 2.60. The molecule has 0 aliphatic carbocycles. The molecule has 0 saturated heterocycles. The molecule has 2 atom stereocenters. The molecule has 1 rings (SSSR count). The number of hydrogen-bond acceptors (Lipinski definition) is 3. The van der Waals surface area contributed by atoms with E-state index in [0.717, 1.165) is 12.1 Å². The van der Waals surface area contributed by atoms with Gasteiger partial charge in [0.2, 0.25) is 0 Å². The van der Waals surface area contributed by atoms with Gasteiger partial charge in [0.05, 0.1) is 13.0 Å². The molecule has 1 N–H and O–H groups in total. The molecule has 2 unspecified atom stereocenters. The second-order valence-corrected chi connectivity index (χ2v) is 4.30. The second-order valence-electron chi connectivity index (χ2n) is 4.30. The first-order valence-electron chi connectivity index (χ1n) is 6.01. The first kappa shape index (κ1) is 13.6. The van der Waals surface area contributed by atoms with Crippen molar-refractivity contribution in [3.63, 3.8) is 0 Å². The number of nitrogens with one attached hydrogen (secondary N) is 1. The molecule has 0 aliphatic heterocycles. The highest BCUT2D eigenvalue weighted by atomic mass is 16.5. The number of ether oxygens (including phenoxy) is 1. The molecule has 0 spiro atoms. The first-order chi connectivity index (χ1) is 8.08. The van der Waals surface area contributed by atoms with Gasteiger partial charge in [-0.3, -0.25) is 4.79 Å². The average Bonchev–Trinajstić information content (AvgIpc) is 2.37. The average molecular weight is 235 g/mol. The molecule has 3 heteroatoms. The molecule has 3 nitrogen and oxygen atoms in total. The van der Waals surface area contributed by atoms with Gasteiger partial charge in [0.15, 0.2) is 0 Å². The summed E-state index contributed by atoms with van der Waals surface area (Å²) in [7, 11) is 1.42. The van der Waals surface area contributed by atoms with E-state index in [1.807, 2.05) is 26.0 Å². The van der Waals surface area contributed by atoms with Crippen LogP contribution in [-0.2, 0) is 16.0 Å². The van der Waals surface area contributed by atoms with E-state index in [1.165, 1.54) is 12.7 Å². The van der Waals surface area contributed by atoms with Crippen molar-refractivity contribution >= 4 is 11.7 Å². The van der Waals surface area contributed by atoms with Crippen molar-refractivity contribution in [2.45, 2.75) is 33.2 Å². The lowest BCUT2D eigenvalue weighted by molar-refractivity contribution is -0.145. The lowest BCUT2D eigenvalue weighted by atomic mass is 10.0. The number of anilines is 1. The van der Waals surface area contributed by atoms with Crippen molar-refractivity contribution in [3.05, 3.63) is 29.8 Å². The van der Waals surface area contributed by atoms with Gasteiger partial charge in [-0.1, -0.05) is 19.1 Å². The SMILES string of the molecule is CCc1ccc(NC(C)C(C)C(=O)OC)cc1. The maximum absolute atomic E-state index is 11.4. The van der Waals surface area contributed by atoms with E-state index in [0.29, 0.717) is 0 Å². The Labute approximate surface area is 103 Å². The van der Waals surface area contributed by atoms with Gasteiger partial charge in [-0.05, 0) is 38.0 Å². The third-order valence-electron chi connectivity index (χ3n) is 3.08. The van der Waals surface area contributed by atoms with Crippen LogP contribution in [0.15, 0.2) is 24.3 Å². The molecule has 0 aromatic heterocycles. The maximum Gasteiger partial charge on any atom is 0.310 e. The van der Waals surface area contributed by atoms with Crippen LogP contribution in [0.2, 0.25) is 0 Å². The molecule has 0 fully saturated rings. The van der Waals surface area contributed by atoms with Gasteiger partial charge in [0.25, 0.3) is 0 Å². The summed E-state index contributed by atoms with van der Waals surface area (Å²) in [6, 6.07) is 8.32. The maximum atomic E-state index is 11.4. The van der Waals surface area contributed by atoms with Crippen LogP contribution in [0, 0.1) is 5.92 Å². The Bertz CT molecular complexity index is 359. The first-order valence-corrected chi connectivity index (χ1v) is 6.01. The number of carbonyl (C=O) groups excluding carboxylic acids is 1. The standard InChI is InChI=1S/C14H21NO2/c1-5-12-6-8-13(9-7-12)15-11(3)10(2)14(16)17-4/h6-11,15H,5H2,1-4H3. The van der Waals surface area contributed by atoms with Gasteiger partial charge in [-0.25, -0.2) is 0 Å². The predicted molar refractivity (Wildman–Crippen MR) is 70.1 cm³/mol. The zero-order valence-electron chi connectivity index (χ0n) is 11.0. The molecule has 0 saturated carbocycles. The minimum absolute atomic E-state index is 0.0509. The zero-order chi connectivity index (χ0) is 12.8. The van der Waals surface area contributed by atoms with Crippen molar-refractivity contribution < 1.29 is 9.53 Å². The number of benzene rings is 1. The number of methoxy groups -OCH3 is 1. The Hall–Kier alpha value is -1.51. The second kappa shape index (κ2) is 6.28. The molecule has 94 valence electrons. The van der Waals surface area contributed by atoms with E-state index in [-0.39, 0.29) is 17.9 Å². The van der Waals surface area contributed by atoms with E-state index >= 15 is 0 Å². The van der Waals surface area contributed by atoms with Gasteiger partial charge in [-0.2, -0.15) is 0 Å². The highest BCUT2D eigenvalue weighted by Crippen LogP contribution is 2.15. The lowest BCUT2D eigenvalue weighted by Crippen LogP contribution is -2.30. The predicted octanol–water partition coefficient (Wildman–Crippen LogP) is 2.86. The van der Waals surface area contributed by atoms with E-state index in [9.17, 15) is 4.79 Å². The Kier molecular flexibility index (Phi) is 5.01. The van der Waals surface area contributed by atoms with E-state index in [2.05, 4.69) is 24.4 Å². The molecule has 0 bridgehead atoms. The summed E-state index contributed by atoms with van der Waals surface area (Å²) in [5.41, 5.74) is 2.34. The fourth-order valence-corrected chi connectivity index (χ4v) is 1.61. The van der Waals surface area contributed by atoms with E-state index < -0.39 is 0 Å². The summed E-state index contributed by atoms with van der Waals surface area (Å²) < 4.78 is 4.73. The van der Waals surface area contributed by atoms with Crippen LogP contribution >= 0.6 is 0 Å². The molecule has 1 aromatic rings. The quantitative estimate of drug-likeness (QED) is 0.797. The Morgan fingerprint density at radius 3 is 2.35 bits per heavy atom. The third-order valence-corrected chi connectivity index (χ3v) is 3.08. The number of carbonyl (C=O) groups is 1. The smallest absolute Gasteiger partial charge is 0.310 e. The number of esters is 1. The topological polar surface area (TPSA) is 38.3 Å². The van der Waals surface area contributed by atoms with Crippen molar-refractivity contribution in [2.75, 3.05) is 12.4 Å². The van der Waals surface area contributed by atoms with Crippen molar-refractivity contribution in [2.24, 2.45) is 5.92 Å². The van der Waals surface area contributed by atoms with E-state index in [1.54, 1.807) is 0 Å². The van der Waals surface area contributed by atoms with E-state index in [4.69, 9.17) is 4.74 Å². The molecular formula is C14H21NO2. The van der Waals surface area contributed by atoms with Crippen LogP contribution in [-0.4, -0.2) is 19.1 Å². The molecular weight excluding hydrogens is 214 g/mol. The van der Waals surface area contributed by atoms with Crippen LogP contribution in [0.5, 0.6) is 0 Å². The summed E-state index contributed by atoms with van der Waals surface area (Å²) in [6.45, 7) is 5.98. The fourth-order valence-electron chi connectivity index (χ4n) is 1.61. The minimum atomic E-state index is -0.185. The molecule has 0 heterocycles. The largest absolute Gasteiger partial charge is 0.469 e. The number of aryl methyl sites for hydroxylation is 1. The normalized spacial score (nSPS) is 13.9. The molecule has 0 radical (unpaired) electrons. The third kappa shape index (κ3) is 3.77. The molecule has 0 amide bonds. The van der Waals surface area contributed by atoms with Crippen LogP contribution in [0.4, 0.5) is 5.69 Å². The van der Waals surface area contributed by atoms with Gasteiger partial charge < -0.3 is 10.1 Å². The summed E-state index contributed by atoms with van der Waals surface area (Å²) >= 11 is 0. The van der Waals surface area contributed by atoms with Gasteiger partial charge >= 0.3 is 5.97 Å². The number of hydrogen-bond donors (Lipinski definition) is 1. The fraction of sp³-hybridized carbons (Fsp3) is 0.500. The summed E-state index contributed by atoms with van der Waals surface area (Å²) in [6.07, 6.45) is 1.04. The molecule has 17 heavy (non-hydrogen) atoms. The van der Waals surface area contributed by atoms with Gasteiger partial charge in [-0.15, -0.1) is 0 Å². The molecule has 0 aliphatic rings. The lowest BCUT2D eigenvalue weighted by Gasteiger charge is -2.20. The van der Waals surface area contributed by atoms with Crippen molar-refractivity contribution in [3.8, 4) is 0 Å². The monoisotopic (exact) mass is 235 g/mol. The van der Waals surface area contributed by atoms with Crippen molar-refractivity contribution in [1.29, 1.82) is 0 Å². The Morgan fingerprint density at radius 1 is 1.29 bits per heavy atom. The highest BCUT2D eigenvalue weighted by Gasteiger charge is 2.20. The van der Waals surface area contributed by atoms with Crippen LogP contribution < -0.4 is 5.32 Å². The minimum Gasteiger partial charge on any atom is -0.469 e. The van der Waals surface area contributed by atoms with Crippen LogP contribution in [0.1, 0.15) is 26.3 Å². The number of rotatable bonds is 5. The van der Waals surface area contributed by atoms with Gasteiger partial charge in [0.1, 0.15) is 0 Å². The zero-order valence-corrected chi connectivity index (χ0v) is 11.0.